The average molecular weight is 279 g/mol. The monoisotopic (exact) mass is 279 g/mol. The van der Waals surface area contributed by atoms with Crippen LogP contribution in [-0.4, -0.2) is 25.9 Å². The first-order chi connectivity index (χ1) is 9.47. The second kappa shape index (κ2) is 8.59. The van der Waals surface area contributed by atoms with Gasteiger partial charge in [0, 0.05) is 18.7 Å². The maximum Gasteiger partial charge on any atom is 0.307 e. The van der Waals surface area contributed by atoms with Crippen LogP contribution < -0.4 is 5.32 Å². The van der Waals surface area contributed by atoms with Crippen LogP contribution in [0.2, 0.25) is 0 Å². The van der Waals surface area contributed by atoms with E-state index in [2.05, 4.69) is 26.1 Å². The molecule has 0 aromatic heterocycles. The van der Waals surface area contributed by atoms with Crippen molar-refractivity contribution >= 4 is 11.7 Å². The first-order valence-corrected chi connectivity index (χ1v) is 7.00. The molecule has 112 valence electrons. The van der Waals surface area contributed by atoms with Gasteiger partial charge in [0.05, 0.1) is 6.61 Å². The Bertz CT molecular complexity index is 384. The lowest BCUT2D eigenvalue weighted by Gasteiger charge is -2.17. The van der Waals surface area contributed by atoms with Crippen LogP contribution in [-0.2, 0) is 14.3 Å². The molecule has 0 atom stereocenters. The van der Waals surface area contributed by atoms with E-state index in [9.17, 15) is 4.79 Å². The summed E-state index contributed by atoms with van der Waals surface area (Å²) in [6.07, 6.45) is 1.14. The highest BCUT2D eigenvalue weighted by molar-refractivity contribution is 5.69. The fourth-order valence-corrected chi connectivity index (χ4v) is 1.55. The van der Waals surface area contributed by atoms with E-state index < -0.39 is 0 Å². The van der Waals surface area contributed by atoms with E-state index >= 15 is 0 Å². The number of hydrogen-bond donors (Lipinski definition) is 1. The number of esters is 1. The first-order valence-electron chi connectivity index (χ1n) is 7.00. The molecule has 0 bridgehead atoms. The van der Waals surface area contributed by atoms with Crippen LogP contribution in [0.25, 0.3) is 0 Å². The number of carbonyl (C=O) groups excluding carboxylic acids is 1. The number of hydrogen-bond acceptors (Lipinski definition) is 4. The Morgan fingerprint density at radius 1 is 1.20 bits per heavy atom. The van der Waals surface area contributed by atoms with Gasteiger partial charge >= 0.3 is 5.97 Å². The lowest BCUT2D eigenvalue weighted by atomic mass is 9.99. The van der Waals surface area contributed by atoms with Gasteiger partial charge in [0.1, 0.15) is 0 Å². The van der Waals surface area contributed by atoms with Crippen molar-refractivity contribution in [2.24, 2.45) is 5.41 Å². The van der Waals surface area contributed by atoms with E-state index in [1.807, 2.05) is 30.3 Å². The Morgan fingerprint density at radius 3 is 2.55 bits per heavy atom. The Kier molecular flexibility index (Phi) is 7.09. The van der Waals surface area contributed by atoms with Crippen molar-refractivity contribution in [3.63, 3.8) is 0 Å². The van der Waals surface area contributed by atoms with Crippen molar-refractivity contribution in [1.82, 2.24) is 0 Å². The molecule has 0 aliphatic rings. The molecule has 20 heavy (non-hydrogen) atoms. The van der Waals surface area contributed by atoms with Crippen molar-refractivity contribution in [2.75, 3.05) is 25.3 Å². The minimum Gasteiger partial charge on any atom is -0.438 e. The molecule has 4 nitrogen and oxygen atoms in total. The molecule has 0 heterocycles. The third-order valence-electron chi connectivity index (χ3n) is 2.50. The number of benzene rings is 1. The third kappa shape index (κ3) is 8.53. The molecule has 0 spiro atoms. The van der Waals surface area contributed by atoms with Crippen LogP contribution in [0.4, 0.5) is 5.69 Å². The van der Waals surface area contributed by atoms with Crippen molar-refractivity contribution in [3.8, 4) is 0 Å². The number of ether oxygens (including phenoxy) is 2. The van der Waals surface area contributed by atoms with Gasteiger partial charge in [0.2, 0.25) is 0 Å². The van der Waals surface area contributed by atoms with Crippen LogP contribution in [0.5, 0.6) is 0 Å². The zero-order valence-corrected chi connectivity index (χ0v) is 12.6. The highest BCUT2D eigenvalue weighted by atomic mass is 16.7. The Labute approximate surface area is 121 Å². The predicted molar refractivity (Wildman–Crippen MR) is 80.5 cm³/mol. The minimum absolute atomic E-state index is 0.0439. The molecular weight excluding hydrogens is 254 g/mol. The number of rotatable bonds is 8. The van der Waals surface area contributed by atoms with Crippen molar-refractivity contribution in [1.29, 1.82) is 0 Å². The summed E-state index contributed by atoms with van der Waals surface area (Å²) < 4.78 is 10.3. The van der Waals surface area contributed by atoms with E-state index in [4.69, 9.17) is 9.47 Å². The van der Waals surface area contributed by atoms with Gasteiger partial charge in [-0.15, -0.1) is 0 Å². The smallest absolute Gasteiger partial charge is 0.307 e. The fraction of sp³-hybridized carbons (Fsp3) is 0.562. The summed E-state index contributed by atoms with van der Waals surface area (Å²) in [7, 11) is 0. The molecule has 1 aromatic rings. The van der Waals surface area contributed by atoms with Gasteiger partial charge in [-0.05, 0) is 24.0 Å². The summed E-state index contributed by atoms with van der Waals surface area (Å²) >= 11 is 0. The van der Waals surface area contributed by atoms with Crippen LogP contribution in [0.3, 0.4) is 0 Å². The maximum atomic E-state index is 11.4. The lowest BCUT2D eigenvalue weighted by molar-refractivity contribution is -0.158. The van der Waals surface area contributed by atoms with Crippen LogP contribution >= 0.6 is 0 Å². The van der Waals surface area contributed by atoms with Gasteiger partial charge in [-0.3, -0.25) is 4.79 Å². The van der Waals surface area contributed by atoms with E-state index in [1.54, 1.807) is 0 Å². The summed E-state index contributed by atoms with van der Waals surface area (Å²) in [5.74, 6) is -0.214. The van der Waals surface area contributed by atoms with Gasteiger partial charge in [-0.1, -0.05) is 39.0 Å². The molecule has 0 fully saturated rings. The zero-order chi connectivity index (χ0) is 14.8. The maximum absolute atomic E-state index is 11.4. The van der Waals surface area contributed by atoms with Crippen LogP contribution in [0, 0.1) is 5.41 Å². The molecule has 0 saturated carbocycles. The molecule has 4 heteroatoms. The van der Waals surface area contributed by atoms with E-state index in [0.717, 1.165) is 18.7 Å². The number of para-hydroxylation sites is 1. The molecule has 0 amide bonds. The van der Waals surface area contributed by atoms with E-state index in [1.165, 1.54) is 0 Å². The predicted octanol–water partition coefficient (Wildman–Crippen LogP) is 3.44. The van der Waals surface area contributed by atoms with Crippen molar-refractivity contribution in [3.05, 3.63) is 30.3 Å². The quantitative estimate of drug-likeness (QED) is 0.450. The van der Waals surface area contributed by atoms with Gasteiger partial charge in [-0.25, -0.2) is 0 Å². The van der Waals surface area contributed by atoms with Crippen molar-refractivity contribution < 1.29 is 14.3 Å². The zero-order valence-electron chi connectivity index (χ0n) is 12.6. The SMILES string of the molecule is CC(C)(C)COCOC(=O)CCCNc1ccccc1. The Morgan fingerprint density at radius 2 is 1.90 bits per heavy atom. The molecular formula is C16H25NO3. The van der Waals surface area contributed by atoms with Gasteiger partial charge in [0.15, 0.2) is 6.79 Å². The van der Waals surface area contributed by atoms with Crippen LogP contribution in [0.1, 0.15) is 33.6 Å². The molecule has 0 aliphatic heterocycles. The normalized spacial score (nSPS) is 11.2. The number of anilines is 1. The number of nitrogens with one attached hydrogen (secondary N) is 1. The van der Waals surface area contributed by atoms with Gasteiger partial charge in [0.25, 0.3) is 0 Å². The number of carbonyl (C=O) groups is 1. The molecule has 0 aliphatic carbocycles. The first kappa shape index (κ1) is 16.5. The summed E-state index contributed by atoms with van der Waals surface area (Å²) in [6.45, 7) is 7.60. The molecule has 1 aromatic carbocycles. The second-order valence-electron chi connectivity index (χ2n) is 5.94. The highest BCUT2D eigenvalue weighted by Crippen LogP contribution is 2.12. The minimum atomic E-state index is -0.214. The second-order valence-corrected chi connectivity index (χ2v) is 5.94. The fourth-order valence-electron chi connectivity index (χ4n) is 1.55. The Balaban J connectivity index is 2.00. The molecule has 0 unspecified atom stereocenters. The molecule has 0 radical (unpaired) electrons. The summed E-state index contributed by atoms with van der Waals surface area (Å²) in [5, 5.41) is 3.25. The Hall–Kier alpha value is -1.55. The molecule has 1 rings (SSSR count). The standard InChI is InChI=1S/C16H25NO3/c1-16(2,3)12-19-13-20-15(18)10-7-11-17-14-8-5-4-6-9-14/h4-6,8-9,17H,7,10-13H2,1-3H3. The molecule has 1 N–H and O–H groups in total. The average Bonchev–Trinajstić information content (AvgIpc) is 2.40. The van der Waals surface area contributed by atoms with Gasteiger partial charge < -0.3 is 14.8 Å². The lowest BCUT2D eigenvalue weighted by Crippen LogP contribution is -2.17. The van der Waals surface area contributed by atoms with E-state index in [0.29, 0.717) is 13.0 Å². The van der Waals surface area contributed by atoms with Gasteiger partial charge in [-0.2, -0.15) is 0 Å². The summed E-state index contributed by atoms with van der Waals surface area (Å²) in [6, 6.07) is 9.92. The third-order valence-corrected chi connectivity index (χ3v) is 2.50. The largest absolute Gasteiger partial charge is 0.438 e. The molecule has 0 saturated heterocycles. The van der Waals surface area contributed by atoms with Crippen LogP contribution in [0.15, 0.2) is 30.3 Å². The highest BCUT2D eigenvalue weighted by Gasteiger charge is 2.10. The summed E-state index contributed by atoms with van der Waals surface area (Å²) in [4.78, 5) is 11.4. The topological polar surface area (TPSA) is 47.6 Å². The van der Waals surface area contributed by atoms with E-state index in [-0.39, 0.29) is 18.2 Å². The summed E-state index contributed by atoms with van der Waals surface area (Å²) in [5.41, 5.74) is 1.15. The van der Waals surface area contributed by atoms with Crippen molar-refractivity contribution in [2.45, 2.75) is 33.6 Å².